The van der Waals surface area contributed by atoms with Gasteiger partial charge in [0.1, 0.15) is 11.4 Å². The van der Waals surface area contributed by atoms with E-state index in [2.05, 4.69) is 20.3 Å². The van der Waals surface area contributed by atoms with Crippen molar-refractivity contribution < 1.29 is 4.74 Å². The van der Waals surface area contributed by atoms with Gasteiger partial charge < -0.3 is 15.0 Å². The van der Waals surface area contributed by atoms with Crippen LogP contribution in [-0.2, 0) is 0 Å². The molecule has 0 amide bonds. The zero-order chi connectivity index (χ0) is 15.6. The maximum absolute atomic E-state index is 5.36. The first-order valence-electron chi connectivity index (χ1n) is 7.13. The van der Waals surface area contributed by atoms with Crippen LogP contribution in [0.25, 0.3) is 22.3 Å². The number of nitrogens with one attached hydrogen (secondary N) is 2. The molecule has 0 spiro atoms. The van der Waals surface area contributed by atoms with Crippen LogP contribution in [0.1, 0.15) is 0 Å². The maximum atomic E-state index is 5.36. The molecule has 23 heavy (non-hydrogen) atoms. The normalized spacial score (nSPS) is 10.8. The molecule has 5 nitrogen and oxygen atoms in total. The second-order valence-electron chi connectivity index (χ2n) is 4.97. The van der Waals surface area contributed by atoms with E-state index in [9.17, 15) is 0 Å². The molecule has 1 aromatic carbocycles. The summed E-state index contributed by atoms with van der Waals surface area (Å²) in [6.45, 7) is 0. The zero-order valence-corrected chi connectivity index (χ0v) is 13.2. The molecule has 0 saturated heterocycles. The predicted octanol–water partition coefficient (Wildman–Crippen LogP) is 4.44. The van der Waals surface area contributed by atoms with E-state index < -0.39 is 0 Å². The summed E-state index contributed by atoms with van der Waals surface area (Å²) in [5.41, 5.74) is 3.75. The molecule has 3 heterocycles. The van der Waals surface area contributed by atoms with E-state index in [0.29, 0.717) is 0 Å². The van der Waals surface area contributed by atoms with E-state index in [1.54, 1.807) is 24.6 Å². The summed E-state index contributed by atoms with van der Waals surface area (Å²) >= 11 is 1.56. The molecule has 0 atom stereocenters. The summed E-state index contributed by atoms with van der Waals surface area (Å²) in [5.74, 6) is 0.792. The Hall–Kier alpha value is -2.86. The molecule has 0 radical (unpaired) electrons. The fourth-order valence-electron chi connectivity index (χ4n) is 2.49. The van der Waals surface area contributed by atoms with Gasteiger partial charge in [-0.1, -0.05) is 12.1 Å². The average Bonchev–Trinajstić information content (AvgIpc) is 3.22. The molecule has 0 aliphatic rings. The van der Waals surface area contributed by atoms with Gasteiger partial charge in [-0.25, -0.2) is 9.97 Å². The Morgan fingerprint density at radius 1 is 1.17 bits per heavy atom. The van der Waals surface area contributed by atoms with Crippen molar-refractivity contribution in [3.8, 4) is 17.0 Å². The Bertz CT molecular complexity index is 960. The Kier molecular flexibility index (Phi) is 3.44. The number of rotatable bonds is 4. The van der Waals surface area contributed by atoms with Gasteiger partial charge in [0.15, 0.2) is 5.13 Å². The third-order valence-corrected chi connectivity index (χ3v) is 4.34. The third-order valence-electron chi connectivity index (χ3n) is 3.58. The number of anilines is 2. The highest BCUT2D eigenvalue weighted by Gasteiger charge is 2.11. The third kappa shape index (κ3) is 2.53. The van der Waals surface area contributed by atoms with Crippen molar-refractivity contribution in [2.75, 3.05) is 12.4 Å². The summed E-state index contributed by atoms with van der Waals surface area (Å²) in [6, 6.07) is 11.8. The van der Waals surface area contributed by atoms with Crippen molar-refractivity contribution in [1.82, 2.24) is 15.0 Å². The van der Waals surface area contributed by atoms with Crippen LogP contribution >= 0.6 is 11.3 Å². The average molecular weight is 322 g/mol. The predicted molar refractivity (Wildman–Crippen MR) is 93.5 cm³/mol. The molecule has 114 valence electrons. The Labute approximate surface area is 137 Å². The monoisotopic (exact) mass is 322 g/mol. The second-order valence-corrected chi connectivity index (χ2v) is 5.82. The second kappa shape index (κ2) is 5.73. The van der Waals surface area contributed by atoms with Crippen molar-refractivity contribution >= 4 is 33.2 Å². The number of fused-ring (bicyclic) bond motifs is 1. The number of thiazole rings is 1. The molecule has 0 unspecified atom stereocenters. The molecule has 0 aliphatic carbocycles. The molecule has 0 saturated carbocycles. The van der Waals surface area contributed by atoms with Crippen LogP contribution in [0, 0.1) is 0 Å². The van der Waals surface area contributed by atoms with E-state index >= 15 is 0 Å². The number of benzene rings is 1. The number of hydrogen-bond acceptors (Lipinski definition) is 5. The van der Waals surface area contributed by atoms with Crippen LogP contribution in [0.3, 0.4) is 0 Å². The van der Waals surface area contributed by atoms with Crippen LogP contribution in [0.15, 0.2) is 54.2 Å². The van der Waals surface area contributed by atoms with Gasteiger partial charge in [-0.15, -0.1) is 11.3 Å². The molecule has 6 heteroatoms. The number of aromatic nitrogens is 3. The highest BCUT2D eigenvalue weighted by molar-refractivity contribution is 7.14. The summed E-state index contributed by atoms with van der Waals surface area (Å²) in [5, 5.41) is 7.24. The molecule has 0 bridgehead atoms. The molecule has 4 rings (SSSR count). The van der Waals surface area contributed by atoms with Crippen LogP contribution in [-0.4, -0.2) is 22.1 Å². The summed E-state index contributed by atoms with van der Waals surface area (Å²) in [6.07, 6.45) is 3.72. The first-order chi connectivity index (χ1) is 11.3. The SMILES string of the molecule is COc1ccccc1Nc1nc(-c2c[nH]c3ncccc23)cs1. The van der Waals surface area contributed by atoms with Crippen molar-refractivity contribution in [2.45, 2.75) is 0 Å². The smallest absolute Gasteiger partial charge is 0.187 e. The molecule has 2 N–H and O–H groups in total. The van der Waals surface area contributed by atoms with E-state index in [1.807, 2.05) is 48.0 Å². The minimum atomic E-state index is 0.792. The molecule has 3 aromatic heterocycles. The molecule has 4 aromatic rings. The van der Waals surface area contributed by atoms with Crippen LogP contribution < -0.4 is 10.1 Å². The summed E-state index contributed by atoms with van der Waals surface area (Å²) in [7, 11) is 1.66. The lowest BCUT2D eigenvalue weighted by atomic mass is 10.2. The van der Waals surface area contributed by atoms with Gasteiger partial charge >= 0.3 is 0 Å². The fraction of sp³-hybridized carbons (Fsp3) is 0.0588. The van der Waals surface area contributed by atoms with Crippen LogP contribution in [0.4, 0.5) is 10.8 Å². The minimum absolute atomic E-state index is 0.792. The number of aromatic amines is 1. The number of nitrogens with zero attached hydrogens (tertiary/aromatic N) is 2. The van der Waals surface area contributed by atoms with Gasteiger partial charge in [-0.3, -0.25) is 0 Å². The van der Waals surface area contributed by atoms with E-state index in [-0.39, 0.29) is 0 Å². The highest BCUT2D eigenvalue weighted by atomic mass is 32.1. The summed E-state index contributed by atoms with van der Waals surface area (Å²) in [4.78, 5) is 12.2. The maximum Gasteiger partial charge on any atom is 0.187 e. The van der Waals surface area contributed by atoms with Crippen molar-refractivity contribution in [2.24, 2.45) is 0 Å². The van der Waals surface area contributed by atoms with Gasteiger partial charge in [0, 0.05) is 28.7 Å². The molecular weight excluding hydrogens is 308 g/mol. The molecule has 0 aliphatic heterocycles. The molecular formula is C17H14N4OS. The van der Waals surface area contributed by atoms with E-state index in [1.165, 1.54) is 0 Å². The lowest BCUT2D eigenvalue weighted by Crippen LogP contribution is -1.93. The number of pyridine rings is 1. The summed E-state index contributed by atoms with van der Waals surface area (Å²) < 4.78 is 5.36. The van der Waals surface area contributed by atoms with Gasteiger partial charge in [-0.2, -0.15) is 0 Å². The van der Waals surface area contributed by atoms with Crippen molar-refractivity contribution in [1.29, 1.82) is 0 Å². The Morgan fingerprint density at radius 2 is 2.09 bits per heavy atom. The van der Waals surface area contributed by atoms with Crippen molar-refractivity contribution in [3.05, 3.63) is 54.2 Å². The Balaban J connectivity index is 1.67. The first kappa shape index (κ1) is 13.8. The Morgan fingerprint density at radius 3 is 3.00 bits per heavy atom. The quantitative estimate of drug-likeness (QED) is 0.583. The zero-order valence-electron chi connectivity index (χ0n) is 12.4. The lowest BCUT2D eigenvalue weighted by molar-refractivity contribution is 0.417. The minimum Gasteiger partial charge on any atom is -0.495 e. The van der Waals surface area contributed by atoms with Crippen LogP contribution in [0.2, 0.25) is 0 Å². The topological polar surface area (TPSA) is 62.8 Å². The standard InChI is InChI=1S/C17H14N4OS/c1-22-15-7-3-2-6-13(15)20-17-21-14(10-23-17)12-9-19-16-11(12)5-4-8-18-16/h2-10H,1H3,(H,18,19)(H,20,21). The van der Waals surface area contributed by atoms with Crippen LogP contribution in [0.5, 0.6) is 5.75 Å². The first-order valence-corrected chi connectivity index (χ1v) is 8.01. The van der Waals surface area contributed by atoms with Crippen molar-refractivity contribution in [3.63, 3.8) is 0 Å². The van der Waals surface area contributed by atoms with Gasteiger partial charge in [-0.05, 0) is 24.3 Å². The largest absolute Gasteiger partial charge is 0.495 e. The van der Waals surface area contributed by atoms with Gasteiger partial charge in [0.2, 0.25) is 0 Å². The number of H-pyrrole nitrogens is 1. The van der Waals surface area contributed by atoms with Gasteiger partial charge in [0.25, 0.3) is 0 Å². The number of hydrogen-bond donors (Lipinski definition) is 2. The molecule has 0 fully saturated rings. The highest BCUT2D eigenvalue weighted by Crippen LogP contribution is 2.33. The number of ether oxygens (including phenoxy) is 1. The van der Waals surface area contributed by atoms with E-state index in [0.717, 1.165) is 38.9 Å². The number of methoxy groups -OCH3 is 1. The fourth-order valence-corrected chi connectivity index (χ4v) is 3.21. The lowest BCUT2D eigenvalue weighted by Gasteiger charge is -2.07. The number of para-hydroxylation sites is 2. The van der Waals surface area contributed by atoms with E-state index in [4.69, 9.17) is 4.74 Å². The van der Waals surface area contributed by atoms with Gasteiger partial charge in [0.05, 0.1) is 18.5 Å².